The van der Waals surface area contributed by atoms with Gasteiger partial charge in [0.1, 0.15) is 0 Å². The van der Waals surface area contributed by atoms with Gasteiger partial charge in [-0.2, -0.15) is 0 Å². The zero-order valence-corrected chi connectivity index (χ0v) is 14.8. The molecule has 0 atom stereocenters. The van der Waals surface area contributed by atoms with Crippen LogP contribution in [-0.2, 0) is 6.54 Å². The Morgan fingerprint density at radius 2 is 1.74 bits per heavy atom. The Labute approximate surface area is 139 Å². The molecule has 0 aliphatic carbocycles. The molecule has 0 fully saturated rings. The first kappa shape index (κ1) is 15.2. The summed E-state index contributed by atoms with van der Waals surface area (Å²) in [5, 5.41) is 4.81. The van der Waals surface area contributed by atoms with Crippen LogP contribution in [0.15, 0.2) is 39.3 Å². The van der Waals surface area contributed by atoms with Crippen LogP contribution in [-0.4, -0.2) is 0 Å². The van der Waals surface area contributed by atoms with Crippen molar-refractivity contribution in [3.63, 3.8) is 0 Å². The first-order valence-electron chi connectivity index (χ1n) is 5.61. The molecule has 0 heterocycles. The zero-order chi connectivity index (χ0) is 14.0. The maximum Gasteiger partial charge on any atom is 0.0548 e. The first-order chi connectivity index (χ1) is 8.97. The van der Waals surface area contributed by atoms with Gasteiger partial charge in [-0.1, -0.05) is 29.3 Å². The smallest absolute Gasteiger partial charge is 0.0548 e. The number of benzene rings is 2. The maximum absolute atomic E-state index is 6.13. The summed E-state index contributed by atoms with van der Waals surface area (Å²) >= 11 is 19.0. The molecule has 2 rings (SSSR count). The van der Waals surface area contributed by atoms with Gasteiger partial charge < -0.3 is 5.32 Å². The molecule has 0 saturated carbocycles. The van der Waals surface area contributed by atoms with Crippen LogP contribution >= 0.6 is 55.1 Å². The second-order valence-electron chi connectivity index (χ2n) is 4.18. The number of rotatable bonds is 3. The average molecular weight is 424 g/mol. The molecule has 0 radical (unpaired) electrons. The van der Waals surface area contributed by atoms with Crippen LogP contribution in [0.2, 0.25) is 10.0 Å². The quantitative estimate of drug-likeness (QED) is 0.599. The highest BCUT2D eigenvalue weighted by molar-refractivity contribution is 9.11. The summed E-state index contributed by atoms with van der Waals surface area (Å²) < 4.78 is 1.90. The average Bonchev–Trinajstić information content (AvgIpc) is 2.36. The van der Waals surface area contributed by atoms with Crippen molar-refractivity contribution in [1.82, 2.24) is 0 Å². The molecular weight excluding hydrogens is 413 g/mol. The van der Waals surface area contributed by atoms with Gasteiger partial charge in [0, 0.05) is 20.5 Å². The minimum Gasteiger partial charge on any atom is -0.380 e. The predicted octanol–water partition coefficient (Wildman–Crippen LogP) is 6.44. The van der Waals surface area contributed by atoms with E-state index < -0.39 is 0 Å². The van der Waals surface area contributed by atoms with Gasteiger partial charge in [0.15, 0.2) is 0 Å². The highest BCUT2D eigenvalue weighted by Crippen LogP contribution is 2.30. The Bertz CT molecular complexity index is 615. The molecule has 0 amide bonds. The zero-order valence-electron chi connectivity index (χ0n) is 10.1. The Morgan fingerprint density at radius 3 is 2.42 bits per heavy atom. The molecule has 5 heteroatoms. The van der Waals surface area contributed by atoms with E-state index >= 15 is 0 Å². The van der Waals surface area contributed by atoms with Crippen LogP contribution in [0.25, 0.3) is 0 Å². The molecule has 0 aliphatic rings. The summed E-state index contributed by atoms with van der Waals surface area (Å²) in [6.45, 7) is 2.68. The minimum absolute atomic E-state index is 0.702. The van der Waals surface area contributed by atoms with Crippen LogP contribution < -0.4 is 5.32 Å². The number of aryl methyl sites for hydroxylation is 1. The fourth-order valence-electron chi connectivity index (χ4n) is 1.63. The summed E-state index contributed by atoms with van der Waals surface area (Å²) in [5.41, 5.74) is 3.16. The molecule has 0 aliphatic heterocycles. The van der Waals surface area contributed by atoms with Crippen LogP contribution in [0.5, 0.6) is 0 Å². The minimum atomic E-state index is 0.702. The van der Waals surface area contributed by atoms with Gasteiger partial charge >= 0.3 is 0 Å². The molecular formula is C14H11Br2Cl2N. The summed E-state index contributed by atoms with van der Waals surface area (Å²) in [6.07, 6.45) is 0. The maximum atomic E-state index is 6.13. The topological polar surface area (TPSA) is 12.0 Å². The lowest BCUT2D eigenvalue weighted by molar-refractivity contribution is 1.14. The number of nitrogens with one attached hydrogen (secondary N) is 1. The summed E-state index contributed by atoms with van der Waals surface area (Å²) in [7, 11) is 0. The second-order valence-corrected chi connectivity index (χ2v) is 6.71. The number of halogens is 4. The van der Waals surface area contributed by atoms with Gasteiger partial charge in [-0.05, 0) is 74.2 Å². The van der Waals surface area contributed by atoms with E-state index in [0.717, 1.165) is 30.8 Å². The van der Waals surface area contributed by atoms with E-state index in [2.05, 4.69) is 37.2 Å². The third kappa shape index (κ3) is 3.88. The molecule has 0 saturated heterocycles. The number of hydrogen-bond acceptors (Lipinski definition) is 1. The van der Waals surface area contributed by atoms with E-state index in [1.807, 2.05) is 37.3 Å². The fraction of sp³-hybridized carbons (Fsp3) is 0.143. The van der Waals surface area contributed by atoms with Gasteiger partial charge in [0.2, 0.25) is 0 Å². The highest BCUT2D eigenvalue weighted by atomic mass is 79.9. The van der Waals surface area contributed by atoms with Crippen LogP contribution in [0.1, 0.15) is 11.1 Å². The van der Waals surface area contributed by atoms with E-state index in [-0.39, 0.29) is 0 Å². The van der Waals surface area contributed by atoms with E-state index in [1.165, 1.54) is 0 Å². The van der Waals surface area contributed by atoms with Crippen molar-refractivity contribution >= 4 is 60.7 Å². The van der Waals surface area contributed by atoms with Gasteiger partial charge in [-0.3, -0.25) is 0 Å². The molecule has 1 nitrogen and oxygen atoms in total. The lowest BCUT2D eigenvalue weighted by Gasteiger charge is -2.11. The van der Waals surface area contributed by atoms with Crippen LogP contribution in [0.3, 0.4) is 0 Å². The lowest BCUT2D eigenvalue weighted by atomic mass is 10.2. The van der Waals surface area contributed by atoms with Crippen molar-refractivity contribution in [3.8, 4) is 0 Å². The summed E-state index contributed by atoms with van der Waals surface area (Å²) in [5.74, 6) is 0. The van der Waals surface area contributed by atoms with Crippen LogP contribution in [0.4, 0.5) is 5.69 Å². The molecule has 0 bridgehead atoms. The third-order valence-electron chi connectivity index (χ3n) is 2.72. The van der Waals surface area contributed by atoms with Crippen molar-refractivity contribution in [2.45, 2.75) is 13.5 Å². The molecule has 19 heavy (non-hydrogen) atoms. The molecule has 1 N–H and O–H groups in total. The SMILES string of the molecule is Cc1cc(Br)c(NCc2ccc(Cl)c(Br)c2)cc1Cl. The van der Waals surface area contributed by atoms with Gasteiger partial charge in [-0.15, -0.1) is 0 Å². The van der Waals surface area contributed by atoms with E-state index in [4.69, 9.17) is 23.2 Å². The van der Waals surface area contributed by atoms with Crippen molar-refractivity contribution < 1.29 is 0 Å². The normalized spacial score (nSPS) is 10.6. The third-order valence-corrected chi connectivity index (χ3v) is 4.99. The van der Waals surface area contributed by atoms with E-state index in [9.17, 15) is 0 Å². The number of hydrogen-bond donors (Lipinski definition) is 1. The highest BCUT2D eigenvalue weighted by Gasteiger charge is 2.05. The van der Waals surface area contributed by atoms with Crippen molar-refractivity contribution in [2.75, 3.05) is 5.32 Å². The van der Waals surface area contributed by atoms with Gasteiger partial charge in [0.05, 0.1) is 10.7 Å². The second kappa shape index (κ2) is 6.49. The van der Waals surface area contributed by atoms with Crippen molar-refractivity contribution in [2.24, 2.45) is 0 Å². The van der Waals surface area contributed by atoms with Gasteiger partial charge in [-0.25, -0.2) is 0 Å². The molecule has 0 aromatic heterocycles. The van der Waals surface area contributed by atoms with Gasteiger partial charge in [0.25, 0.3) is 0 Å². The Balaban J connectivity index is 2.14. The Morgan fingerprint density at radius 1 is 1.00 bits per heavy atom. The monoisotopic (exact) mass is 421 g/mol. The first-order valence-corrected chi connectivity index (χ1v) is 7.95. The molecule has 0 unspecified atom stereocenters. The van der Waals surface area contributed by atoms with Crippen molar-refractivity contribution in [1.29, 1.82) is 0 Å². The summed E-state index contributed by atoms with van der Waals surface area (Å²) in [4.78, 5) is 0. The Kier molecular flexibility index (Phi) is 5.18. The number of anilines is 1. The molecule has 0 spiro atoms. The predicted molar refractivity (Wildman–Crippen MR) is 90.4 cm³/mol. The molecule has 2 aromatic rings. The molecule has 2 aromatic carbocycles. The molecule has 100 valence electrons. The lowest BCUT2D eigenvalue weighted by Crippen LogP contribution is -2.00. The van der Waals surface area contributed by atoms with Crippen molar-refractivity contribution in [3.05, 3.63) is 60.4 Å². The van der Waals surface area contributed by atoms with E-state index in [1.54, 1.807) is 0 Å². The fourth-order valence-corrected chi connectivity index (χ4v) is 2.93. The van der Waals surface area contributed by atoms with E-state index in [0.29, 0.717) is 11.6 Å². The largest absolute Gasteiger partial charge is 0.380 e. The standard InChI is InChI=1S/C14H11Br2Cl2N/c1-8-4-11(16)14(6-13(8)18)19-7-9-2-3-12(17)10(15)5-9/h2-6,19H,7H2,1H3. The summed E-state index contributed by atoms with van der Waals surface area (Å²) in [6, 6.07) is 9.79. The van der Waals surface area contributed by atoms with Crippen LogP contribution in [0, 0.1) is 6.92 Å². The Hall–Kier alpha value is -0.220.